The first-order valence-electron chi connectivity index (χ1n) is 7.83. The lowest BCUT2D eigenvalue weighted by molar-refractivity contribution is -0.153. The summed E-state index contributed by atoms with van der Waals surface area (Å²) in [5, 5.41) is 6.21. The van der Waals surface area contributed by atoms with Crippen LogP contribution in [0.3, 0.4) is 0 Å². The molecule has 0 saturated carbocycles. The second kappa shape index (κ2) is 13.0. The minimum Gasteiger partial charge on any atom is -0.484 e. The van der Waals surface area contributed by atoms with Crippen LogP contribution in [0.1, 0.15) is 19.4 Å². The van der Waals surface area contributed by atoms with Crippen LogP contribution in [0.4, 0.5) is 13.2 Å². The van der Waals surface area contributed by atoms with Gasteiger partial charge < -0.3 is 20.1 Å². The van der Waals surface area contributed by atoms with Gasteiger partial charge in [0.05, 0.1) is 13.2 Å². The highest BCUT2D eigenvalue weighted by Gasteiger charge is 2.28. The Morgan fingerprint density at radius 1 is 1.20 bits per heavy atom. The molecule has 0 saturated heterocycles. The molecule has 0 unspecified atom stereocenters. The van der Waals surface area contributed by atoms with Crippen molar-refractivity contribution in [1.82, 2.24) is 10.6 Å². The molecule has 0 spiro atoms. The molecule has 0 atom stereocenters. The summed E-state index contributed by atoms with van der Waals surface area (Å²) in [6.45, 7) is 5.44. The molecule has 144 valence electrons. The monoisotopic (exact) mass is 475 g/mol. The van der Waals surface area contributed by atoms with Crippen molar-refractivity contribution in [3.63, 3.8) is 0 Å². The highest BCUT2D eigenvalue weighted by Crippen LogP contribution is 2.19. The first-order valence-corrected chi connectivity index (χ1v) is 7.83. The summed E-state index contributed by atoms with van der Waals surface area (Å²) < 4.78 is 46.5. The Morgan fingerprint density at radius 2 is 1.96 bits per heavy atom. The second-order valence-electron chi connectivity index (χ2n) is 4.87. The summed E-state index contributed by atoms with van der Waals surface area (Å²) in [7, 11) is 0. The lowest BCUT2D eigenvalue weighted by Gasteiger charge is -2.12. The Hall–Kier alpha value is -1.23. The predicted octanol–water partition coefficient (Wildman–Crippen LogP) is 3.34. The standard InChI is InChI=1S/C16H24F3N3O2.HI/c1-3-20-15(21-8-9-23-4-2)22-11-13-6-5-7-14(10-13)24-12-16(17,18)19;/h5-7,10H,3-4,8-9,11-12H2,1-2H3,(H2,20,21,22);1H. The van der Waals surface area contributed by atoms with Crippen LogP contribution in [-0.2, 0) is 11.3 Å². The Balaban J connectivity index is 0.00000576. The molecule has 1 aromatic carbocycles. The van der Waals surface area contributed by atoms with Gasteiger partial charge in [0, 0.05) is 19.7 Å². The summed E-state index contributed by atoms with van der Waals surface area (Å²) in [5.74, 6) is 0.799. The minimum atomic E-state index is -4.35. The topological polar surface area (TPSA) is 54.9 Å². The van der Waals surface area contributed by atoms with Crippen molar-refractivity contribution in [2.24, 2.45) is 4.99 Å². The van der Waals surface area contributed by atoms with Crippen LogP contribution in [-0.4, -0.2) is 45.0 Å². The molecule has 1 aromatic rings. The highest BCUT2D eigenvalue weighted by molar-refractivity contribution is 14.0. The number of aliphatic imine (C=N–C) groups is 1. The minimum absolute atomic E-state index is 0. The van der Waals surface area contributed by atoms with Crippen LogP contribution in [0, 0.1) is 0 Å². The van der Waals surface area contributed by atoms with Gasteiger partial charge in [0.2, 0.25) is 0 Å². The lowest BCUT2D eigenvalue weighted by Crippen LogP contribution is -2.39. The quantitative estimate of drug-likeness (QED) is 0.249. The Labute approximate surface area is 163 Å². The third-order valence-electron chi connectivity index (χ3n) is 2.81. The average Bonchev–Trinajstić information content (AvgIpc) is 2.54. The molecule has 0 radical (unpaired) electrons. The van der Waals surface area contributed by atoms with E-state index in [-0.39, 0.29) is 29.7 Å². The molecule has 0 aliphatic carbocycles. The van der Waals surface area contributed by atoms with Gasteiger partial charge in [-0.2, -0.15) is 13.2 Å². The van der Waals surface area contributed by atoms with E-state index >= 15 is 0 Å². The van der Waals surface area contributed by atoms with Crippen molar-refractivity contribution in [2.45, 2.75) is 26.6 Å². The summed E-state index contributed by atoms with van der Waals surface area (Å²) in [5.41, 5.74) is 0.761. The summed E-state index contributed by atoms with van der Waals surface area (Å²) in [6.07, 6.45) is -4.35. The zero-order chi connectivity index (χ0) is 17.8. The van der Waals surface area contributed by atoms with Gasteiger partial charge in [0.15, 0.2) is 12.6 Å². The van der Waals surface area contributed by atoms with Gasteiger partial charge in [-0.05, 0) is 31.5 Å². The van der Waals surface area contributed by atoms with Crippen molar-refractivity contribution in [2.75, 3.05) is 32.9 Å². The van der Waals surface area contributed by atoms with Crippen LogP contribution in [0.15, 0.2) is 29.3 Å². The van der Waals surface area contributed by atoms with E-state index in [4.69, 9.17) is 9.47 Å². The van der Waals surface area contributed by atoms with E-state index < -0.39 is 12.8 Å². The van der Waals surface area contributed by atoms with Crippen LogP contribution < -0.4 is 15.4 Å². The molecule has 0 aliphatic heterocycles. The maximum atomic E-state index is 12.2. The number of guanidine groups is 1. The number of hydrogen-bond donors (Lipinski definition) is 2. The molecule has 0 amide bonds. The zero-order valence-electron chi connectivity index (χ0n) is 14.4. The fourth-order valence-corrected chi connectivity index (χ4v) is 1.80. The third-order valence-corrected chi connectivity index (χ3v) is 2.81. The maximum Gasteiger partial charge on any atom is 0.422 e. The van der Waals surface area contributed by atoms with Gasteiger partial charge >= 0.3 is 6.18 Å². The highest BCUT2D eigenvalue weighted by atomic mass is 127. The number of rotatable bonds is 9. The van der Waals surface area contributed by atoms with Gasteiger partial charge in [-0.1, -0.05) is 12.1 Å². The molecule has 0 bridgehead atoms. The summed E-state index contributed by atoms with van der Waals surface area (Å²) >= 11 is 0. The van der Waals surface area contributed by atoms with Crippen LogP contribution >= 0.6 is 24.0 Å². The van der Waals surface area contributed by atoms with Crippen molar-refractivity contribution in [3.05, 3.63) is 29.8 Å². The predicted molar refractivity (Wildman–Crippen MR) is 103 cm³/mol. The Kier molecular flexibility index (Phi) is 12.4. The molecule has 9 heteroatoms. The largest absolute Gasteiger partial charge is 0.484 e. The fraction of sp³-hybridized carbons (Fsp3) is 0.562. The van der Waals surface area contributed by atoms with Gasteiger partial charge in [-0.15, -0.1) is 24.0 Å². The van der Waals surface area contributed by atoms with Crippen LogP contribution in [0.25, 0.3) is 0 Å². The number of hydrogen-bond acceptors (Lipinski definition) is 3. The molecule has 5 nitrogen and oxygen atoms in total. The van der Waals surface area contributed by atoms with E-state index in [1.54, 1.807) is 18.2 Å². The number of alkyl halides is 3. The van der Waals surface area contributed by atoms with E-state index in [1.807, 2.05) is 13.8 Å². The normalized spacial score (nSPS) is 11.6. The van der Waals surface area contributed by atoms with Crippen LogP contribution in [0.2, 0.25) is 0 Å². The van der Waals surface area contributed by atoms with Crippen molar-refractivity contribution < 1.29 is 22.6 Å². The van der Waals surface area contributed by atoms with E-state index in [1.165, 1.54) is 6.07 Å². The number of ether oxygens (including phenoxy) is 2. The smallest absolute Gasteiger partial charge is 0.422 e. The first-order chi connectivity index (χ1) is 11.4. The number of halogens is 4. The molecular formula is C16H25F3IN3O2. The van der Waals surface area contributed by atoms with Gasteiger partial charge in [-0.25, -0.2) is 4.99 Å². The van der Waals surface area contributed by atoms with E-state index in [2.05, 4.69) is 15.6 Å². The van der Waals surface area contributed by atoms with Gasteiger partial charge in [0.1, 0.15) is 5.75 Å². The van der Waals surface area contributed by atoms with Gasteiger partial charge in [0.25, 0.3) is 0 Å². The lowest BCUT2D eigenvalue weighted by atomic mass is 10.2. The summed E-state index contributed by atoms with van der Waals surface area (Å²) in [6, 6.07) is 6.48. The molecule has 2 N–H and O–H groups in total. The summed E-state index contributed by atoms with van der Waals surface area (Å²) in [4.78, 5) is 4.39. The average molecular weight is 475 g/mol. The van der Waals surface area contributed by atoms with E-state index in [9.17, 15) is 13.2 Å². The van der Waals surface area contributed by atoms with E-state index in [0.29, 0.717) is 38.8 Å². The van der Waals surface area contributed by atoms with Crippen molar-refractivity contribution in [3.8, 4) is 5.75 Å². The molecular weight excluding hydrogens is 450 g/mol. The van der Waals surface area contributed by atoms with Gasteiger partial charge in [-0.3, -0.25) is 0 Å². The van der Waals surface area contributed by atoms with E-state index in [0.717, 1.165) is 5.56 Å². The molecule has 25 heavy (non-hydrogen) atoms. The van der Waals surface area contributed by atoms with Crippen LogP contribution in [0.5, 0.6) is 5.75 Å². The molecule has 1 rings (SSSR count). The zero-order valence-corrected chi connectivity index (χ0v) is 16.7. The fourth-order valence-electron chi connectivity index (χ4n) is 1.80. The second-order valence-corrected chi connectivity index (χ2v) is 4.87. The number of nitrogens with one attached hydrogen (secondary N) is 2. The Bertz CT molecular complexity index is 514. The maximum absolute atomic E-state index is 12.2. The molecule has 0 aliphatic rings. The number of benzene rings is 1. The Morgan fingerprint density at radius 3 is 2.60 bits per heavy atom. The molecule has 0 heterocycles. The first kappa shape index (κ1) is 23.8. The SMILES string of the molecule is CCNC(=NCc1cccc(OCC(F)(F)F)c1)NCCOCC.I. The van der Waals surface area contributed by atoms with Crippen molar-refractivity contribution >= 4 is 29.9 Å². The third kappa shape index (κ3) is 11.9. The molecule has 0 aromatic heterocycles. The molecule has 0 fully saturated rings. The number of nitrogens with zero attached hydrogens (tertiary/aromatic N) is 1. The van der Waals surface area contributed by atoms with Crippen molar-refractivity contribution in [1.29, 1.82) is 0 Å².